The molecule has 0 bridgehead atoms. The number of aryl methyl sites for hydroxylation is 1. The number of para-hydroxylation sites is 1. The third-order valence-electron chi connectivity index (χ3n) is 9.72. The predicted octanol–water partition coefficient (Wildman–Crippen LogP) is 11.2. The van der Waals surface area contributed by atoms with E-state index in [0.717, 1.165) is 43.9 Å². The van der Waals surface area contributed by atoms with Crippen LogP contribution in [0.15, 0.2) is 154 Å². The molecule has 0 aliphatic rings. The Bertz CT molecular complexity index is 2720. The number of furan rings is 2. The lowest BCUT2D eigenvalue weighted by Gasteiger charge is -2.19. The smallest absolute Gasteiger partial charge is 0.135 e. The van der Waals surface area contributed by atoms with Crippen molar-refractivity contribution in [2.75, 3.05) is 0 Å². The van der Waals surface area contributed by atoms with Gasteiger partial charge in [-0.15, -0.1) is 0 Å². The van der Waals surface area contributed by atoms with Crippen LogP contribution < -0.4 is 10.6 Å². The van der Waals surface area contributed by atoms with E-state index in [1.165, 1.54) is 54.9 Å². The highest BCUT2D eigenvalue weighted by atomic mass is 16.3. The van der Waals surface area contributed by atoms with Gasteiger partial charge in [-0.2, -0.15) is 0 Å². The number of hydrogen-bond acceptors (Lipinski definition) is 2. The van der Waals surface area contributed by atoms with Crippen molar-refractivity contribution in [2.45, 2.75) is 13.3 Å². The summed E-state index contributed by atoms with van der Waals surface area (Å²) in [5.74, 6) is 0.919. The largest absolute Gasteiger partial charge is 0.461 e. The van der Waals surface area contributed by atoms with Crippen molar-refractivity contribution in [3.63, 3.8) is 0 Å². The maximum absolute atomic E-state index is 6.45. The van der Waals surface area contributed by atoms with Gasteiger partial charge in [0.1, 0.15) is 22.3 Å². The summed E-state index contributed by atoms with van der Waals surface area (Å²) in [6.45, 7) is 6.34. The Morgan fingerprint density at radius 1 is 0.500 bits per heavy atom. The summed E-state index contributed by atoms with van der Waals surface area (Å²) in [6, 6.07) is 51.8. The Balaban J connectivity index is 1.22. The van der Waals surface area contributed by atoms with Crippen LogP contribution >= 0.6 is 0 Å². The summed E-state index contributed by atoms with van der Waals surface area (Å²) < 4.78 is 12.6. The summed E-state index contributed by atoms with van der Waals surface area (Å²) in [7, 11) is 0. The van der Waals surface area contributed by atoms with Gasteiger partial charge in [0, 0.05) is 21.6 Å². The standard InChI is InChI=1S/C46H32O2/c1-29-33-16-12-13-23-43(33)48-42(29)27-26-34-30(2)47-44-28-32(24-25-36(34)44)45-38-19-8-10-21-40(38)46(41-22-11-9-20-39(41)45)37-18-7-6-17-35(37)31-14-4-3-5-15-31/h3-25,27-28H,1,26H2,2H3/b42-27+. The molecule has 0 saturated heterocycles. The fourth-order valence-corrected chi connectivity index (χ4v) is 7.46. The molecule has 0 N–H and O–H groups in total. The van der Waals surface area contributed by atoms with Gasteiger partial charge in [0.15, 0.2) is 0 Å². The maximum Gasteiger partial charge on any atom is 0.135 e. The second kappa shape index (κ2) is 11.3. The topological polar surface area (TPSA) is 26.3 Å². The van der Waals surface area contributed by atoms with E-state index >= 15 is 0 Å². The molecule has 2 heteroatoms. The van der Waals surface area contributed by atoms with Gasteiger partial charge >= 0.3 is 0 Å². The van der Waals surface area contributed by atoms with Crippen LogP contribution in [0.3, 0.4) is 0 Å². The average molecular weight is 617 g/mol. The molecule has 0 atom stereocenters. The molecule has 0 fully saturated rings. The first-order valence-electron chi connectivity index (χ1n) is 16.4. The quantitative estimate of drug-likeness (QED) is 0.180. The van der Waals surface area contributed by atoms with Crippen molar-refractivity contribution in [1.29, 1.82) is 0 Å². The Kier molecular flexibility index (Phi) is 6.62. The zero-order valence-corrected chi connectivity index (χ0v) is 26.7. The molecule has 0 radical (unpaired) electrons. The summed E-state index contributed by atoms with van der Waals surface area (Å²) in [5.41, 5.74) is 11.0. The lowest BCUT2D eigenvalue weighted by atomic mass is 9.84. The molecule has 9 rings (SSSR count). The van der Waals surface area contributed by atoms with Crippen molar-refractivity contribution in [2.24, 2.45) is 0 Å². The first kappa shape index (κ1) is 28.1. The van der Waals surface area contributed by atoms with Gasteiger partial charge in [0.05, 0.1) is 0 Å². The molecule has 7 aromatic carbocycles. The Morgan fingerprint density at radius 2 is 1.08 bits per heavy atom. The molecule has 0 unspecified atom stereocenters. The highest BCUT2D eigenvalue weighted by Gasteiger charge is 2.20. The van der Waals surface area contributed by atoms with Gasteiger partial charge in [-0.1, -0.05) is 140 Å². The Morgan fingerprint density at radius 3 is 1.77 bits per heavy atom. The maximum atomic E-state index is 6.45. The second-order valence-corrected chi connectivity index (χ2v) is 12.4. The van der Waals surface area contributed by atoms with Crippen LogP contribution in [0.2, 0.25) is 0 Å². The van der Waals surface area contributed by atoms with E-state index in [0.29, 0.717) is 6.42 Å². The van der Waals surface area contributed by atoms with E-state index in [1.807, 2.05) is 18.2 Å². The SMILES string of the molecule is C=c1/c(=C\Cc2c(C)oc3cc(-c4c5ccccc5c(-c5ccccc5-c5ccccc5)c5ccccc45)ccc23)oc2ccccc12. The summed E-state index contributed by atoms with van der Waals surface area (Å²) in [6.07, 6.45) is 2.82. The van der Waals surface area contributed by atoms with Crippen LogP contribution in [-0.4, -0.2) is 0 Å². The molecule has 0 aliphatic heterocycles. The van der Waals surface area contributed by atoms with E-state index in [1.54, 1.807) is 0 Å². The van der Waals surface area contributed by atoms with E-state index < -0.39 is 0 Å². The van der Waals surface area contributed by atoms with Crippen molar-refractivity contribution >= 4 is 56.1 Å². The average Bonchev–Trinajstić information content (AvgIpc) is 3.63. The van der Waals surface area contributed by atoms with Gasteiger partial charge in [0.25, 0.3) is 0 Å². The summed E-state index contributed by atoms with van der Waals surface area (Å²) >= 11 is 0. The Labute approximate surface area is 278 Å². The third-order valence-corrected chi connectivity index (χ3v) is 9.72. The van der Waals surface area contributed by atoms with Gasteiger partial charge in [-0.05, 0) is 86.5 Å². The predicted molar refractivity (Wildman–Crippen MR) is 201 cm³/mol. The molecule has 0 spiro atoms. The molecule has 2 heterocycles. The third kappa shape index (κ3) is 4.49. The highest BCUT2D eigenvalue weighted by Crippen LogP contribution is 2.46. The van der Waals surface area contributed by atoms with Gasteiger partial charge in [-0.25, -0.2) is 0 Å². The van der Waals surface area contributed by atoms with Crippen LogP contribution in [0.4, 0.5) is 0 Å². The van der Waals surface area contributed by atoms with Crippen molar-refractivity contribution in [3.8, 4) is 33.4 Å². The van der Waals surface area contributed by atoms with Crippen molar-refractivity contribution < 1.29 is 8.83 Å². The molecule has 0 aliphatic carbocycles. The molecular weight excluding hydrogens is 585 g/mol. The van der Waals surface area contributed by atoms with E-state index in [2.05, 4.69) is 147 Å². The number of rotatable bonds is 5. The second-order valence-electron chi connectivity index (χ2n) is 12.4. The van der Waals surface area contributed by atoms with Crippen LogP contribution in [0, 0.1) is 6.92 Å². The monoisotopic (exact) mass is 616 g/mol. The minimum atomic E-state index is 0.696. The van der Waals surface area contributed by atoms with Crippen LogP contribution in [-0.2, 0) is 6.42 Å². The molecule has 48 heavy (non-hydrogen) atoms. The fourth-order valence-electron chi connectivity index (χ4n) is 7.46. The van der Waals surface area contributed by atoms with E-state index in [4.69, 9.17) is 8.83 Å². The van der Waals surface area contributed by atoms with Crippen LogP contribution in [0.25, 0.3) is 89.5 Å². The first-order chi connectivity index (χ1) is 23.7. The van der Waals surface area contributed by atoms with Gasteiger partial charge in [0.2, 0.25) is 0 Å². The minimum Gasteiger partial charge on any atom is -0.461 e. The summed E-state index contributed by atoms with van der Waals surface area (Å²) in [5, 5.41) is 8.00. The molecule has 2 nitrogen and oxygen atoms in total. The fraction of sp³-hybridized carbons (Fsp3) is 0.0435. The molecule has 9 aromatic rings. The number of fused-ring (bicyclic) bond motifs is 4. The van der Waals surface area contributed by atoms with E-state index in [9.17, 15) is 0 Å². The normalized spacial score (nSPS) is 12.1. The first-order valence-corrected chi connectivity index (χ1v) is 16.4. The summed E-state index contributed by atoms with van der Waals surface area (Å²) in [4.78, 5) is 0. The molecule has 0 amide bonds. The van der Waals surface area contributed by atoms with Crippen molar-refractivity contribution in [1.82, 2.24) is 0 Å². The lowest BCUT2D eigenvalue weighted by Crippen LogP contribution is -2.18. The van der Waals surface area contributed by atoms with E-state index in [-0.39, 0.29) is 0 Å². The molecule has 0 saturated carbocycles. The van der Waals surface area contributed by atoms with Crippen molar-refractivity contribution in [3.05, 3.63) is 168 Å². The molecule has 2 aromatic heterocycles. The zero-order chi connectivity index (χ0) is 32.2. The molecular formula is C46H32O2. The van der Waals surface area contributed by atoms with Crippen LogP contribution in [0.1, 0.15) is 11.3 Å². The highest BCUT2D eigenvalue weighted by molar-refractivity contribution is 6.22. The number of hydrogen-bond donors (Lipinski definition) is 0. The van der Waals surface area contributed by atoms with Gasteiger partial charge in [-0.3, -0.25) is 0 Å². The Hall–Kier alpha value is -6.12. The van der Waals surface area contributed by atoms with Crippen LogP contribution in [0.5, 0.6) is 0 Å². The number of benzene rings is 7. The van der Waals surface area contributed by atoms with Gasteiger partial charge < -0.3 is 8.83 Å². The minimum absolute atomic E-state index is 0.696. The lowest BCUT2D eigenvalue weighted by molar-refractivity contribution is 0.570. The zero-order valence-electron chi connectivity index (χ0n) is 26.7. The molecule has 228 valence electrons.